The molecule has 0 spiro atoms. The molecule has 0 heterocycles. The first-order valence-corrected chi connectivity index (χ1v) is 7.73. The van der Waals surface area contributed by atoms with Gasteiger partial charge in [0, 0.05) is 17.8 Å². The van der Waals surface area contributed by atoms with Crippen molar-refractivity contribution < 1.29 is 13.9 Å². The number of ether oxygens (including phenoxy) is 1. The average Bonchev–Trinajstić information content (AvgIpc) is 2.28. The van der Waals surface area contributed by atoms with E-state index >= 15 is 0 Å². The number of amides is 1. The molecule has 0 aromatic heterocycles. The van der Waals surface area contributed by atoms with Crippen LogP contribution < -0.4 is 10.6 Å². The summed E-state index contributed by atoms with van der Waals surface area (Å²) in [7, 11) is 0. The average molecular weight is 359 g/mol. The van der Waals surface area contributed by atoms with Gasteiger partial charge < -0.3 is 15.4 Å². The lowest BCUT2D eigenvalue weighted by Crippen LogP contribution is -2.50. The van der Waals surface area contributed by atoms with Crippen molar-refractivity contribution in [1.82, 2.24) is 5.32 Å². The fourth-order valence-corrected chi connectivity index (χ4v) is 2.53. The number of rotatable bonds is 3. The molecule has 1 aliphatic carbocycles. The van der Waals surface area contributed by atoms with E-state index in [1.807, 2.05) is 20.8 Å². The quantitative estimate of drug-likeness (QED) is 0.856. The van der Waals surface area contributed by atoms with Gasteiger partial charge in [-0.25, -0.2) is 9.18 Å². The van der Waals surface area contributed by atoms with Crippen LogP contribution in [0.1, 0.15) is 33.6 Å². The summed E-state index contributed by atoms with van der Waals surface area (Å²) in [6.07, 6.45) is 1.28. The van der Waals surface area contributed by atoms with Gasteiger partial charge in [0.25, 0.3) is 0 Å². The largest absolute Gasteiger partial charge is 0.444 e. The summed E-state index contributed by atoms with van der Waals surface area (Å²) in [6.45, 7) is 5.51. The minimum Gasteiger partial charge on any atom is -0.444 e. The molecule has 4 nitrogen and oxygen atoms in total. The van der Waals surface area contributed by atoms with E-state index in [0.29, 0.717) is 4.47 Å². The highest BCUT2D eigenvalue weighted by Gasteiger charge is 2.31. The normalized spacial score (nSPS) is 21.4. The van der Waals surface area contributed by atoms with Crippen LogP contribution >= 0.6 is 15.9 Å². The molecular formula is C15H20BrFN2O2. The molecule has 2 N–H and O–H groups in total. The highest BCUT2D eigenvalue weighted by atomic mass is 79.9. The zero-order valence-electron chi connectivity index (χ0n) is 12.4. The first-order valence-electron chi connectivity index (χ1n) is 6.94. The van der Waals surface area contributed by atoms with Crippen LogP contribution in [0.2, 0.25) is 0 Å². The topological polar surface area (TPSA) is 50.4 Å². The molecular weight excluding hydrogens is 339 g/mol. The maximum absolute atomic E-state index is 13.1. The highest BCUT2D eigenvalue weighted by molar-refractivity contribution is 9.10. The minimum absolute atomic E-state index is 0.126. The van der Waals surface area contributed by atoms with Crippen LogP contribution in [0.4, 0.5) is 14.9 Å². The Morgan fingerprint density at radius 3 is 2.57 bits per heavy atom. The van der Waals surface area contributed by atoms with Gasteiger partial charge in [-0.05, 0) is 67.7 Å². The Labute approximate surface area is 132 Å². The van der Waals surface area contributed by atoms with Gasteiger partial charge >= 0.3 is 6.09 Å². The van der Waals surface area contributed by atoms with Gasteiger partial charge in [0.2, 0.25) is 0 Å². The number of hydrogen-bond donors (Lipinski definition) is 2. The van der Waals surface area contributed by atoms with Crippen LogP contribution in [0.25, 0.3) is 0 Å². The molecule has 0 aliphatic heterocycles. The third-order valence-corrected chi connectivity index (χ3v) is 3.76. The van der Waals surface area contributed by atoms with Gasteiger partial charge in [0.1, 0.15) is 11.4 Å². The third-order valence-electron chi connectivity index (χ3n) is 3.15. The fraction of sp³-hybridized carbons (Fsp3) is 0.533. The van der Waals surface area contributed by atoms with Gasteiger partial charge in [-0.3, -0.25) is 0 Å². The molecule has 1 amide bonds. The molecule has 1 saturated carbocycles. The molecule has 0 bridgehead atoms. The van der Waals surface area contributed by atoms with Crippen molar-refractivity contribution >= 4 is 27.7 Å². The summed E-state index contributed by atoms with van der Waals surface area (Å²) in [6, 6.07) is 5.24. The molecule has 1 aliphatic rings. The van der Waals surface area contributed by atoms with Gasteiger partial charge in [0.05, 0.1) is 4.47 Å². The lowest BCUT2D eigenvalue weighted by atomic mass is 9.86. The van der Waals surface area contributed by atoms with Crippen molar-refractivity contribution in [3.05, 3.63) is 28.5 Å². The summed E-state index contributed by atoms with van der Waals surface area (Å²) in [5.41, 5.74) is 0.385. The van der Waals surface area contributed by atoms with E-state index in [4.69, 9.17) is 4.74 Å². The van der Waals surface area contributed by atoms with Crippen LogP contribution in [0.5, 0.6) is 0 Å². The predicted octanol–water partition coefficient (Wildman–Crippen LogP) is 4.06. The Bertz CT molecular complexity index is 525. The smallest absolute Gasteiger partial charge is 0.407 e. The van der Waals surface area contributed by atoms with E-state index in [2.05, 4.69) is 26.6 Å². The SMILES string of the molecule is CC(C)(C)OC(=O)NC1CC(Nc2ccc(F)c(Br)c2)C1. The maximum atomic E-state index is 13.1. The molecule has 1 aromatic rings. The first-order chi connectivity index (χ1) is 9.73. The highest BCUT2D eigenvalue weighted by Crippen LogP contribution is 2.27. The van der Waals surface area contributed by atoms with Crippen molar-refractivity contribution in [1.29, 1.82) is 0 Å². The Kier molecular flexibility index (Phi) is 4.76. The van der Waals surface area contributed by atoms with Crippen LogP contribution in [0.15, 0.2) is 22.7 Å². The molecule has 21 heavy (non-hydrogen) atoms. The second kappa shape index (κ2) is 6.22. The molecule has 1 fully saturated rings. The molecule has 0 saturated heterocycles. The molecule has 1 aromatic carbocycles. The van der Waals surface area contributed by atoms with E-state index in [-0.39, 0.29) is 24.0 Å². The lowest BCUT2D eigenvalue weighted by molar-refractivity contribution is 0.0475. The van der Waals surface area contributed by atoms with Gasteiger partial charge in [-0.2, -0.15) is 0 Å². The molecule has 2 rings (SSSR count). The van der Waals surface area contributed by atoms with Crippen molar-refractivity contribution in [2.24, 2.45) is 0 Å². The van der Waals surface area contributed by atoms with E-state index < -0.39 is 5.60 Å². The second-order valence-electron chi connectivity index (χ2n) is 6.28. The number of benzene rings is 1. The summed E-state index contributed by atoms with van der Waals surface area (Å²) in [4.78, 5) is 11.6. The molecule has 6 heteroatoms. The number of carbonyl (C=O) groups is 1. The lowest BCUT2D eigenvalue weighted by Gasteiger charge is -2.37. The minimum atomic E-state index is -0.480. The van der Waals surface area contributed by atoms with E-state index in [0.717, 1.165) is 18.5 Å². The zero-order valence-corrected chi connectivity index (χ0v) is 14.0. The number of carbonyl (C=O) groups excluding carboxylic acids is 1. The van der Waals surface area contributed by atoms with E-state index in [1.165, 1.54) is 6.07 Å². The van der Waals surface area contributed by atoms with E-state index in [9.17, 15) is 9.18 Å². The predicted molar refractivity (Wildman–Crippen MR) is 83.9 cm³/mol. The standard InChI is InChI=1S/C15H20BrFN2O2/c1-15(2,3)21-14(20)19-11-6-10(7-11)18-9-4-5-13(17)12(16)8-9/h4-5,8,10-11,18H,6-7H2,1-3H3,(H,19,20). The second-order valence-corrected chi connectivity index (χ2v) is 7.14. The van der Waals surface area contributed by atoms with Crippen molar-refractivity contribution in [2.45, 2.75) is 51.3 Å². The number of halogens is 2. The van der Waals surface area contributed by atoms with Crippen molar-refractivity contribution in [3.8, 4) is 0 Å². The molecule has 116 valence electrons. The van der Waals surface area contributed by atoms with Crippen LogP contribution in [0.3, 0.4) is 0 Å². The number of alkyl carbamates (subject to hydrolysis) is 1. The summed E-state index contributed by atoms with van der Waals surface area (Å²) in [5.74, 6) is -0.279. The van der Waals surface area contributed by atoms with Crippen molar-refractivity contribution in [2.75, 3.05) is 5.32 Å². The van der Waals surface area contributed by atoms with Crippen molar-refractivity contribution in [3.63, 3.8) is 0 Å². The Morgan fingerprint density at radius 2 is 2.00 bits per heavy atom. The Hall–Kier alpha value is -1.30. The fourth-order valence-electron chi connectivity index (χ4n) is 2.15. The van der Waals surface area contributed by atoms with Gasteiger partial charge in [0.15, 0.2) is 0 Å². The number of nitrogens with one attached hydrogen (secondary N) is 2. The maximum Gasteiger partial charge on any atom is 0.407 e. The van der Waals surface area contributed by atoms with Gasteiger partial charge in [-0.15, -0.1) is 0 Å². The monoisotopic (exact) mass is 358 g/mol. The van der Waals surface area contributed by atoms with E-state index in [1.54, 1.807) is 12.1 Å². The zero-order chi connectivity index (χ0) is 15.6. The Balaban J connectivity index is 1.74. The van der Waals surface area contributed by atoms with Crippen LogP contribution in [0, 0.1) is 5.82 Å². The number of anilines is 1. The summed E-state index contributed by atoms with van der Waals surface area (Å²) >= 11 is 3.16. The first kappa shape index (κ1) is 16.1. The Morgan fingerprint density at radius 1 is 1.33 bits per heavy atom. The third kappa shape index (κ3) is 4.88. The van der Waals surface area contributed by atoms with Gasteiger partial charge in [-0.1, -0.05) is 0 Å². The van der Waals surface area contributed by atoms with Crippen LogP contribution in [-0.4, -0.2) is 23.8 Å². The molecule has 0 atom stereocenters. The number of hydrogen-bond acceptors (Lipinski definition) is 3. The summed E-state index contributed by atoms with van der Waals surface area (Å²) in [5, 5.41) is 6.15. The molecule has 0 radical (unpaired) electrons. The molecule has 0 unspecified atom stereocenters. The summed E-state index contributed by atoms with van der Waals surface area (Å²) < 4.78 is 18.8. The van der Waals surface area contributed by atoms with Crippen LogP contribution in [-0.2, 0) is 4.74 Å².